The Hall–Kier alpha value is 0.460. The van der Waals surface area contributed by atoms with E-state index in [1.807, 2.05) is 0 Å². The van der Waals surface area contributed by atoms with Gasteiger partial charge in [-0.15, -0.1) is 24.8 Å². The van der Waals surface area contributed by atoms with Crippen LogP contribution in [0.5, 0.6) is 0 Å². The zero-order valence-electron chi connectivity index (χ0n) is 10.9. The van der Waals surface area contributed by atoms with E-state index in [-0.39, 0.29) is 24.8 Å². The standard InChI is InChI=1S/C12H24N2O.2ClH/c1-10-7-14(8-11(2)15-10)9-12-3-5-13-6-4-12;;/h10-13H,3-9H2,1-2H3;2*1H. The predicted molar refractivity (Wildman–Crippen MR) is 76.5 cm³/mol. The van der Waals surface area contributed by atoms with E-state index in [0.29, 0.717) is 12.2 Å². The second-order valence-electron chi connectivity index (χ2n) is 5.17. The van der Waals surface area contributed by atoms with Crippen molar-refractivity contribution in [1.29, 1.82) is 0 Å². The molecule has 2 aliphatic heterocycles. The zero-order valence-corrected chi connectivity index (χ0v) is 12.5. The van der Waals surface area contributed by atoms with Crippen LogP contribution in [0, 0.1) is 5.92 Å². The molecule has 2 atom stereocenters. The maximum Gasteiger partial charge on any atom is 0.0678 e. The van der Waals surface area contributed by atoms with Gasteiger partial charge in [0.2, 0.25) is 0 Å². The van der Waals surface area contributed by atoms with Crippen LogP contribution in [-0.4, -0.2) is 49.8 Å². The minimum absolute atomic E-state index is 0. The molecule has 5 heteroatoms. The van der Waals surface area contributed by atoms with Gasteiger partial charge in [0.05, 0.1) is 12.2 Å². The Morgan fingerprint density at radius 1 is 1.06 bits per heavy atom. The van der Waals surface area contributed by atoms with Crippen LogP contribution >= 0.6 is 24.8 Å². The summed E-state index contributed by atoms with van der Waals surface area (Å²) in [6.07, 6.45) is 3.52. The molecule has 17 heavy (non-hydrogen) atoms. The molecule has 0 aliphatic carbocycles. The summed E-state index contributed by atoms with van der Waals surface area (Å²) >= 11 is 0. The van der Waals surface area contributed by atoms with Crippen LogP contribution in [0.3, 0.4) is 0 Å². The topological polar surface area (TPSA) is 24.5 Å². The van der Waals surface area contributed by atoms with E-state index in [1.54, 1.807) is 0 Å². The molecule has 0 radical (unpaired) electrons. The van der Waals surface area contributed by atoms with Crippen LogP contribution in [0.4, 0.5) is 0 Å². The second-order valence-corrected chi connectivity index (χ2v) is 5.17. The van der Waals surface area contributed by atoms with Gasteiger partial charge in [0.15, 0.2) is 0 Å². The van der Waals surface area contributed by atoms with Gasteiger partial charge in [0.25, 0.3) is 0 Å². The van der Waals surface area contributed by atoms with Gasteiger partial charge >= 0.3 is 0 Å². The number of nitrogens with one attached hydrogen (secondary N) is 1. The molecule has 2 rings (SSSR count). The molecule has 2 fully saturated rings. The van der Waals surface area contributed by atoms with E-state index < -0.39 is 0 Å². The molecule has 104 valence electrons. The molecule has 0 saturated carbocycles. The number of morpholine rings is 1. The van der Waals surface area contributed by atoms with E-state index in [1.165, 1.54) is 32.5 Å². The van der Waals surface area contributed by atoms with Gasteiger partial charge in [-0.05, 0) is 45.7 Å². The van der Waals surface area contributed by atoms with Crippen LogP contribution < -0.4 is 5.32 Å². The van der Waals surface area contributed by atoms with Crippen molar-refractivity contribution in [1.82, 2.24) is 10.2 Å². The average molecular weight is 285 g/mol. The third-order valence-electron chi connectivity index (χ3n) is 3.47. The molecule has 0 bridgehead atoms. The molecule has 0 aromatic carbocycles. The number of rotatable bonds is 2. The fourth-order valence-electron chi connectivity index (χ4n) is 2.86. The van der Waals surface area contributed by atoms with Crippen molar-refractivity contribution in [2.24, 2.45) is 5.92 Å². The SMILES string of the molecule is CC1CN(CC2CCNCC2)CC(C)O1.Cl.Cl. The van der Waals surface area contributed by atoms with Crippen molar-refractivity contribution in [3.05, 3.63) is 0 Å². The van der Waals surface area contributed by atoms with Crippen molar-refractivity contribution in [3.63, 3.8) is 0 Å². The number of ether oxygens (including phenoxy) is 1. The summed E-state index contributed by atoms with van der Waals surface area (Å²) in [5.74, 6) is 0.906. The Kier molecular flexibility index (Phi) is 8.77. The van der Waals surface area contributed by atoms with Crippen LogP contribution in [0.1, 0.15) is 26.7 Å². The molecule has 1 N–H and O–H groups in total. The predicted octanol–water partition coefficient (Wildman–Crippen LogP) is 1.94. The Labute approximate surface area is 117 Å². The first-order chi connectivity index (χ1) is 7.24. The van der Waals surface area contributed by atoms with Crippen molar-refractivity contribution in [2.45, 2.75) is 38.9 Å². The van der Waals surface area contributed by atoms with Crippen LogP contribution in [-0.2, 0) is 4.74 Å². The lowest BCUT2D eigenvalue weighted by molar-refractivity contribution is -0.0722. The Morgan fingerprint density at radius 3 is 2.12 bits per heavy atom. The smallest absolute Gasteiger partial charge is 0.0678 e. The molecular formula is C12H26Cl2N2O. The van der Waals surface area contributed by atoms with Crippen molar-refractivity contribution < 1.29 is 4.74 Å². The highest BCUT2D eigenvalue weighted by molar-refractivity contribution is 5.85. The average Bonchev–Trinajstić information content (AvgIpc) is 2.17. The second kappa shape index (κ2) is 8.54. The largest absolute Gasteiger partial charge is 0.373 e. The summed E-state index contributed by atoms with van der Waals surface area (Å²) in [6, 6.07) is 0. The normalized spacial score (nSPS) is 31.4. The molecule has 0 spiro atoms. The minimum Gasteiger partial charge on any atom is -0.373 e. The number of hydrogen-bond acceptors (Lipinski definition) is 3. The maximum absolute atomic E-state index is 5.75. The van der Waals surface area contributed by atoms with E-state index in [9.17, 15) is 0 Å². The molecule has 0 aromatic rings. The Balaban J connectivity index is 0.00000128. The molecule has 2 heterocycles. The number of piperidine rings is 1. The minimum atomic E-state index is 0. The van der Waals surface area contributed by atoms with Crippen molar-refractivity contribution in [3.8, 4) is 0 Å². The van der Waals surface area contributed by atoms with Crippen molar-refractivity contribution >= 4 is 24.8 Å². The Bertz CT molecular complexity index is 191. The first-order valence-electron chi connectivity index (χ1n) is 6.32. The first-order valence-corrected chi connectivity index (χ1v) is 6.32. The quantitative estimate of drug-likeness (QED) is 0.839. The van der Waals surface area contributed by atoms with E-state index in [4.69, 9.17) is 4.74 Å². The van der Waals surface area contributed by atoms with Gasteiger partial charge in [-0.25, -0.2) is 0 Å². The van der Waals surface area contributed by atoms with Gasteiger partial charge in [0.1, 0.15) is 0 Å². The summed E-state index contributed by atoms with van der Waals surface area (Å²) in [4.78, 5) is 2.59. The van der Waals surface area contributed by atoms with Gasteiger partial charge in [-0.3, -0.25) is 4.90 Å². The number of nitrogens with zero attached hydrogens (tertiary/aromatic N) is 1. The van der Waals surface area contributed by atoms with Crippen LogP contribution in [0.15, 0.2) is 0 Å². The number of halogens is 2. The van der Waals surface area contributed by atoms with Crippen LogP contribution in [0.2, 0.25) is 0 Å². The number of hydrogen-bond donors (Lipinski definition) is 1. The monoisotopic (exact) mass is 284 g/mol. The first kappa shape index (κ1) is 17.5. The highest BCUT2D eigenvalue weighted by Crippen LogP contribution is 2.17. The van der Waals surface area contributed by atoms with Gasteiger partial charge < -0.3 is 10.1 Å². The fourth-order valence-corrected chi connectivity index (χ4v) is 2.86. The summed E-state index contributed by atoms with van der Waals surface area (Å²) in [5.41, 5.74) is 0. The molecule has 2 saturated heterocycles. The lowest BCUT2D eigenvalue weighted by atomic mass is 9.97. The third-order valence-corrected chi connectivity index (χ3v) is 3.47. The van der Waals surface area contributed by atoms with E-state index >= 15 is 0 Å². The molecular weight excluding hydrogens is 259 g/mol. The summed E-state index contributed by atoms with van der Waals surface area (Å²) in [7, 11) is 0. The van der Waals surface area contributed by atoms with Crippen LogP contribution in [0.25, 0.3) is 0 Å². The molecule has 2 aliphatic rings. The lowest BCUT2D eigenvalue weighted by Gasteiger charge is -2.38. The summed E-state index contributed by atoms with van der Waals surface area (Å²) in [6.45, 7) is 10.3. The highest BCUT2D eigenvalue weighted by atomic mass is 35.5. The van der Waals surface area contributed by atoms with Gasteiger partial charge in [-0.1, -0.05) is 0 Å². The van der Waals surface area contributed by atoms with Gasteiger partial charge in [0, 0.05) is 19.6 Å². The molecule has 0 aromatic heterocycles. The third kappa shape index (κ3) is 5.75. The van der Waals surface area contributed by atoms with E-state index in [0.717, 1.165) is 19.0 Å². The lowest BCUT2D eigenvalue weighted by Crippen LogP contribution is -2.48. The maximum atomic E-state index is 5.75. The molecule has 3 nitrogen and oxygen atoms in total. The highest BCUT2D eigenvalue weighted by Gasteiger charge is 2.24. The zero-order chi connectivity index (χ0) is 10.7. The molecule has 2 unspecified atom stereocenters. The van der Waals surface area contributed by atoms with E-state index in [2.05, 4.69) is 24.1 Å². The van der Waals surface area contributed by atoms with Gasteiger partial charge in [-0.2, -0.15) is 0 Å². The molecule has 0 amide bonds. The Morgan fingerprint density at radius 2 is 1.59 bits per heavy atom. The van der Waals surface area contributed by atoms with Crippen molar-refractivity contribution in [2.75, 3.05) is 32.7 Å². The summed E-state index contributed by atoms with van der Waals surface area (Å²) in [5, 5.41) is 3.43. The summed E-state index contributed by atoms with van der Waals surface area (Å²) < 4.78 is 5.75. The fraction of sp³-hybridized carbons (Fsp3) is 1.00.